The van der Waals surface area contributed by atoms with E-state index in [-0.39, 0.29) is 17.3 Å². The summed E-state index contributed by atoms with van der Waals surface area (Å²) in [5.74, 6) is 1.11. The first-order chi connectivity index (χ1) is 21.3. The number of amides is 1. The van der Waals surface area contributed by atoms with E-state index in [4.69, 9.17) is 0 Å². The van der Waals surface area contributed by atoms with Crippen LogP contribution >= 0.6 is 0 Å². The lowest BCUT2D eigenvalue weighted by molar-refractivity contribution is 0.0450. The number of hydrogen-bond acceptors (Lipinski definition) is 5. The molecule has 1 spiro atoms. The van der Waals surface area contributed by atoms with Gasteiger partial charge in [0.25, 0.3) is 5.91 Å². The summed E-state index contributed by atoms with van der Waals surface area (Å²) in [5.41, 5.74) is 3.62. The average Bonchev–Trinajstić information content (AvgIpc) is 3.48. The molecule has 1 aliphatic carbocycles. The Labute approximate surface area is 258 Å². The van der Waals surface area contributed by atoms with E-state index in [1.54, 1.807) is 19.2 Å². The molecule has 226 valence electrons. The van der Waals surface area contributed by atoms with Crippen LogP contribution in [0, 0.1) is 5.41 Å². The molecule has 0 atom stereocenters. The molecule has 2 aliphatic rings. The van der Waals surface area contributed by atoms with E-state index in [0.29, 0.717) is 39.1 Å². The largest absolute Gasteiger partial charge is 0.340 e. The molecule has 7 rings (SSSR count). The van der Waals surface area contributed by atoms with Gasteiger partial charge in [-0.15, -0.1) is 0 Å². The fraction of sp³-hybridized carbons (Fsp3) is 0.343. The standard InChI is InChI=1S/C35H37N5O3S/c1-39(44(42,43)31-11-4-7-27-6-2-3-8-28(27)31)24-32-37-30-10-5-9-29(33(30)38-32)34(41)40-22-18-35(19-23-40)16-12-25(13-17-35)26-14-20-36-21-15-26/h2-11,14-15,20-21,25H,12-13,16-19,22-24H2,1H3,(H,37,38). The van der Waals surface area contributed by atoms with Crippen molar-refractivity contribution in [2.24, 2.45) is 5.41 Å². The number of nitrogens with one attached hydrogen (secondary N) is 1. The highest BCUT2D eigenvalue weighted by Crippen LogP contribution is 2.49. The van der Waals surface area contributed by atoms with Crippen molar-refractivity contribution in [2.45, 2.75) is 55.9 Å². The van der Waals surface area contributed by atoms with Crippen LogP contribution < -0.4 is 0 Å². The fourth-order valence-electron chi connectivity index (χ4n) is 7.27. The normalized spacial score (nSPS) is 17.5. The third-order valence-electron chi connectivity index (χ3n) is 9.94. The number of aromatic amines is 1. The Kier molecular flexibility index (Phi) is 7.46. The fourth-order valence-corrected chi connectivity index (χ4v) is 8.62. The van der Waals surface area contributed by atoms with Crippen molar-refractivity contribution in [3.8, 4) is 0 Å². The maximum Gasteiger partial charge on any atom is 0.256 e. The first kappa shape index (κ1) is 28.7. The highest BCUT2D eigenvalue weighted by molar-refractivity contribution is 7.89. The third kappa shape index (κ3) is 5.28. The smallest absolute Gasteiger partial charge is 0.256 e. The summed E-state index contributed by atoms with van der Waals surface area (Å²) >= 11 is 0. The summed E-state index contributed by atoms with van der Waals surface area (Å²) in [4.78, 5) is 28.2. The topological polar surface area (TPSA) is 99.3 Å². The van der Waals surface area contributed by atoms with Gasteiger partial charge in [0.05, 0.1) is 28.0 Å². The van der Waals surface area contributed by atoms with Crippen LogP contribution in [0.3, 0.4) is 0 Å². The SMILES string of the molecule is CN(Cc1nc2cccc(C(=O)N3CCC4(CCC(c5ccncc5)CC4)CC3)c2[nH]1)S(=O)(=O)c1cccc2ccccc12. The number of rotatable bonds is 6. The van der Waals surface area contributed by atoms with Crippen molar-refractivity contribution < 1.29 is 13.2 Å². The van der Waals surface area contributed by atoms with Gasteiger partial charge in [0.1, 0.15) is 5.82 Å². The van der Waals surface area contributed by atoms with Crippen LogP contribution in [-0.4, -0.2) is 58.6 Å². The predicted octanol–water partition coefficient (Wildman–Crippen LogP) is 6.51. The summed E-state index contributed by atoms with van der Waals surface area (Å²) in [6.45, 7) is 1.56. The van der Waals surface area contributed by atoms with Crippen molar-refractivity contribution in [1.29, 1.82) is 0 Å². The van der Waals surface area contributed by atoms with Gasteiger partial charge in [-0.1, -0.05) is 42.5 Å². The number of H-pyrrole nitrogens is 1. The first-order valence-corrected chi connectivity index (χ1v) is 16.9. The molecule has 1 amide bonds. The molecule has 3 heterocycles. The van der Waals surface area contributed by atoms with Gasteiger partial charge in [-0.05, 0) is 91.1 Å². The molecule has 0 radical (unpaired) electrons. The number of imidazole rings is 1. The number of pyridine rings is 1. The molecule has 8 nitrogen and oxygen atoms in total. The molecule has 3 aromatic carbocycles. The molecule has 1 aliphatic heterocycles. The van der Waals surface area contributed by atoms with Gasteiger partial charge in [-0.25, -0.2) is 13.4 Å². The van der Waals surface area contributed by atoms with Gasteiger partial charge in [0.2, 0.25) is 10.0 Å². The Morgan fingerprint density at radius 1 is 0.932 bits per heavy atom. The lowest BCUT2D eigenvalue weighted by Crippen LogP contribution is -2.44. The first-order valence-electron chi connectivity index (χ1n) is 15.4. The predicted molar refractivity (Wildman–Crippen MR) is 172 cm³/mol. The van der Waals surface area contributed by atoms with E-state index in [9.17, 15) is 13.2 Å². The summed E-state index contributed by atoms with van der Waals surface area (Å²) in [6, 6.07) is 22.6. The molecule has 2 fully saturated rings. The minimum Gasteiger partial charge on any atom is -0.340 e. The Morgan fingerprint density at radius 2 is 1.64 bits per heavy atom. The Hall–Kier alpha value is -4.08. The van der Waals surface area contributed by atoms with Crippen molar-refractivity contribution in [3.05, 3.63) is 102 Å². The van der Waals surface area contributed by atoms with E-state index >= 15 is 0 Å². The van der Waals surface area contributed by atoms with Gasteiger partial charge in [-0.2, -0.15) is 4.31 Å². The molecule has 2 aromatic heterocycles. The van der Waals surface area contributed by atoms with Crippen LogP contribution in [0.15, 0.2) is 90.1 Å². The quantitative estimate of drug-likeness (QED) is 0.237. The Morgan fingerprint density at radius 3 is 2.41 bits per heavy atom. The number of sulfonamides is 1. The molecule has 0 bridgehead atoms. The minimum absolute atomic E-state index is 0.00264. The summed E-state index contributed by atoms with van der Waals surface area (Å²) in [6.07, 6.45) is 10.6. The van der Waals surface area contributed by atoms with E-state index in [0.717, 1.165) is 31.3 Å². The molecule has 44 heavy (non-hydrogen) atoms. The number of aromatic nitrogens is 3. The van der Waals surface area contributed by atoms with Crippen LogP contribution in [0.25, 0.3) is 21.8 Å². The number of piperidine rings is 1. The second-order valence-corrected chi connectivity index (χ2v) is 14.5. The second-order valence-electron chi connectivity index (χ2n) is 12.5. The van der Waals surface area contributed by atoms with E-state index in [2.05, 4.69) is 27.1 Å². The van der Waals surface area contributed by atoms with Gasteiger partial charge in [0, 0.05) is 37.9 Å². The molecular weight excluding hydrogens is 570 g/mol. The van der Waals surface area contributed by atoms with E-state index < -0.39 is 10.0 Å². The second kappa shape index (κ2) is 11.4. The zero-order chi connectivity index (χ0) is 30.3. The number of fused-ring (bicyclic) bond motifs is 2. The van der Waals surface area contributed by atoms with Gasteiger partial charge >= 0.3 is 0 Å². The van der Waals surface area contributed by atoms with Crippen molar-refractivity contribution in [3.63, 3.8) is 0 Å². The molecule has 1 N–H and O–H groups in total. The number of likely N-dealkylation sites (tertiary alicyclic amines) is 1. The van der Waals surface area contributed by atoms with Gasteiger partial charge < -0.3 is 9.88 Å². The van der Waals surface area contributed by atoms with Crippen LogP contribution in [0.1, 0.15) is 66.2 Å². The highest BCUT2D eigenvalue weighted by Gasteiger charge is 2.39. The molecule has 0 unspecified atom stereocenters. The lowest BCUT2D eigenvalue weighted by Gasteiger charge is -2.46. The van der Waals surface area contributed by atoms with Crippen molar-refractivity contribution in [2.75, 3.05) is 20.1 Å². The van der Waals surface area contributed by atoms with Gasteiger partial charge in [0.15, 0.2) is 0 Å². The molecule has 1 saturated heterocycles. The Balaban J connectivity index is 1.04. The van der Waals surface area contributed by atoms with Crippen LogP contribution in [0.5, 0.6) is 0 Å². The minimum atomic E-state index is -3.78. The Bertz CT molecular complexity index is 1920. The molecular formula is C35H37N5O3S. The van der Waals surface area contributed by atoms with E-state index in [1.807, 2.05) is 65.8 Å². The third-order valence-corrected chi connectivity index (χ3v) is 11.8. The summed E-state index contributed by atoms with van der Waals surface area (Å²) < 4.78 is 28.5. The number of hydrogen-bond donors (Lipinski definition) is 1. The van der Waals surface area contributed by atoms with Crippen LogP contribution in [0.4, 0.5) is 0 Å². The number of nitrogens with zero attached hydrogens (tertiary/aromatic N) is 4. The summed E-state index contributed by atoms with van der Waals surface area (Å²) in [5, 5.41) is 1.56. The highest BCUT2D eigenvalue weighted by atomic mass is 32.2. The van der Waals surface area contributed by atoms with Crippen LogP contribution in [-0.2, 0) is 16.6 Å². The average molecular weight is 608 g/mol. The number of carbonyl (C=O) groups excluding carboxylic acids is 1. The maximum atomic E-state index is 13.8. The lowest BCUT2D eigenvalue weighted by atomic mass is 9.64. The van der Waals surface area contributed by atoms with Crippen LogP contribution in [0.2, 0.25) is 0 Å². The summed E-state index contributed by atoms with van der Waals surface area (Å²) in [7, 11) is -2.22. The monoisotopic (exact) mass is 607 g/mol. The molecule has 5 aromatic rings. The number of benzene rings is 3. The number of carbonyl (C=O) groups is 1. The molecule has 1 saturated carbocycles. The van der Waals surface area contributed by atoms with Gasteiger partial charge in [-0.3, -0.25) is 9.78 Å². The maximum absolute atomic E-state index is 13.8. The molecule has 9 heteroatoms. The zero-order valence-electron chi connectivity index (χ0n) is 24.9. The van der Waals surface area contributed by atoms with E-state index in [1.165, 1.54) is 35.6 Å². The number of para-hydroxylation sites is 1. The zero-order valence-corrected chi connectivity index (χ0v) is 25.8. The van der Waals surface area contributed by atoms with Crippen molar-refractivity contribution >= 4 is 37.7 Å². The van der Waals surface area contributed by atoms with Crippen molar-refractivity contribution in [1.82, 2.24) is 24.2 Å².